The van der Waals surface area contributed by atoms with Crippen LogP contribution in [-0.2, 0) is 11.2 Å². The standard InChI is InChI=1S/C24H26ClN3O/c1-16(8-9-22(26-4)11-18(3)29)10-19-12-23(20-6-5-7-21(25)13-20)24-27-17(2)14-28(24)15-19/h5-8,12-15,22H,4,9-11H2,1-3H3. The van der Waals surface area contributed by atoms with E-state index in [1.807, 2.05) is 31.3 Å². The van der Waals surface area contributed by atoms with Gasteiger partial charge in [0.1, 0.15) is 11.4 Å². The van der Waals surface area contributed by atoms with Crippen LogP contribution in [-0.4, -0.2) is 27.9 Å². The summed E-state index contributed by atoms with van der Waals surface area (Å²) in [6.07, 6.45) is 8.29. The number of hydrogen-bond acceptors (Lipinski definition) is 3. The van der Waals surface area contributed by atoms with E-state index in [0.717, 1.165) is 35.3 Å². The van der Waals surface area contributed by atoms with E-state index in [0.29, 0.717) is 11.4 Å². The number of benzene rings is 1. The molecule has 0 amide bonds. The smallest absolute Gasteiger partial charge is 0.144 e. The van der Waals surface area contributed by atoms with Crippen LogP contribution in [0.4, 0.5) is 0 Å². The third-order valence-corrected chi connectivity index (χ3v) is 5.10. The van der Waals surface area contributed by atoms with Crippen molar-refractivity contribution in [3.05, 3.63) is 70.7 Å². The van der Waals surface area contributed by atoms with Crippen LogP contribution in [0, 0.1) is 6.92 Å². The van der Waals surface area contributed by atoms with Gasteiger partial charge >= 0.3 is 0 Å². The summed E-state index contributed by atoms with van der Waals surface area (Å²) in [7, 11) is 0. The minimum absolute atomic E-state index is 0.0525. The van der Waals surface area contributed by atoms with Crippen molar-refractivity contribution < 1.29 is 4.79 Å². The Morgan fingerprint density at radius 1 is 1.31 bits per heavy atom. The quantitative estimate of drug-likeness (QED) is 0.345. The summed E-state index contributed by atoms with van der Waals surface area (Å²) in [5.74, 6) is 0.139. The number of fused-ring (bicyclic) bond motifs is 1. The molecule has 0 aliphatic heterocycles. The largest absolute Gasteiger partial charge is 0.306 e. The van der Waals surface area contributed by atoms with Gasteiger partial charge in [0.15, 0.2) is 0 Å². The third-order valence-electron chi connectivity index (χ3n) is 4.87. The molecule has 3 rings (SSSR count). The van der Waals surface area contributed by atoms with Gasteiger partial charge in [-0.05, 0) is 69.7 Å². The number of halogens is 1. The number of aliphatic imine (C=N–C) groups is 1. The van der Waals surface area contributed by atoms with E-state index >= 15 is 0 Å². The van der Waals surface area contributed by atoms with Gasteiger partial charge < -0.3 is 4.40 Å². The molecule has 3 aromatic rings. The second kappa shape index (κ2) is 9.19. The molecule has 0 saturated carbocycles. The molecule has 0 bridgehead atoms. The molecule has 0 N–H and O–H groups in total. The fourth-order valence-electron chi connectivity index (χ4n) is 3.53. The van der Waals surface area contributed by atoms with E-state index in [1.165, 1.54) is 11.1 Å². The van der Waals surface area contributed by atoms with Gasteiger partial charge in [0.05, 0.1) is 11.7 Å². The zero-order valence-electron chi connectivity index (χ0n) is 17.2. The fourth-order valence-corrected chi connectivity index (χ4v) is 3.72. The summed E-state index contributed by atoms with van der Waals surface area (Å²) in [5.41, 5.74) is 6.43. The predicted octanol–water partition coefficient (Wildman–Crippen LogP) is 5.89. The molecule has 2 aromatic heterocycles. The van der Waals surface area contributed by atoms with Crippen molar-refractivity contribution in [2.75, 3.05) is 0 Å². The van der Waals surface area contributed by atoms with Crippen LogP contribution in [0.3, 0.4) is 0 Å². The molecule has 150 valence electrons. The molecule has 29 heavy (non-hydrogen) atoms. The number of rotatable bonds is 8. The molecule has 1 atom stereocenters. The Morgan fingerprint density at radius 2 is 2.10 bits per heavy atom. The maximum Gasteiger partial charge on any atom is 0.144 e. The van der Waals surface area contributed by atoms with Crippen molar-refractivity contribution in [3.63, 3.8) is 0 Å². The van der Waals surface area contributed by atoms with Crippen molar-refractivity contribution in [2.45, 2.75) is 46.1 Å². The number of carbonyl (C=O) groups is 1. The number of aromatic nitrogens is 2. The molecular formula is C24H26ClN3O. The first-order chi connectivity index (χ1) is 13.9. The van der Waals surface area contributed by atoms with Gasteiger partial charge in [-0.3, -0.25) is 9.79 Å². The number of hydrogen-bond donors (Lipinski definition) is 0. The number of Topliss-reactive ketones (excluding diaryl/α,β-unsaturated/α-hetero) is 1. The minimum Gasteiger partial charge on any atom is -0.306 e. The summed E-state index contributed by atoms with van der Waals surface area (Å²) in [4.78, 5) is 20.1. The molecule has 1 unspecified atom stereocenters. The molecule has 0 radical (unpaired) electrons. The van der Waals surface area contributed by atoms with Crippen LogP contribution in [0.15, 0.2) is 59.4 Å². The second-order valence-corrected chi connectivity index (χ2v) is 8.03. The molecular weight excluding hydrogens is 382 g/mol. The lowest BCUT2D eigenvalue weighted by atomic mass is 10.00. The van der Waals surface area contributed by atoms with Crippen LogP contribution in [0.1, 0.15) is 37.9 Å². The van der Waals surface area contributed by atoms with Crippen molar-refractivity contribution in [1.29, 1.82) is 0 Å². The average Bonchev–Trinajstić information content (AvgIpc) is 3.04. The number of imidazole rings is 1. The molecule has 0 spiro atoms. The zero-order valence-corrected chi connectivity index (χ0v) is 17.9. The van der Waals surface area contributed by atoms with Crippen molar-refractivity contribution >= 4 is 29.7 Å². The van der Waals surface area contributed by atoms with Crippen molar-refractivity contribution in [3.8, 4) is 11.1 Å². The summed E-state index contributed by atoms with van der Waals surface area (Å²) in [6, 6.07) is 9.99. The van der Waals surface area contributed by atoms with Gasteiger partial charge in [-0.25, -0.2) is 4.98 Å². The van der Waals surface area contributed by atoms with Crippen LogP contribution in [0.5, 0.6) is 0 Å². The molecule has 0 fully saturated rings. The number of allylic oxidation sites excluding steroid dienone is 1. The highest BCUT2D eigenvalue weighted by Gasteiger charge is 2.11. The normalized spacial score (nSPS) is 12.9. The molecule has 4 nitrogen and oxygen atoms in total. The number of nitrogens with zero attached hydrogens (tertiary/aromatic N) is 3. The summed E-state index contributed by atoms with van der Waals surface area (Å²) in [5, 5.41) is 0.707. The lowest BCUT2D eigenvalue weighted by Gasteiger charge is -2.11. The highest BCUT2D eigenvalue weighted by atomic mass is 35.5. The summed E-state index contributed by atoms with van der Waals surface area (Å²) in [6.45, 7) is 9.31. The van der Waals surface area contributed by atoms with E-state index in [2.05, 4.69) is 47.4 Å². The zero-order chi connectivity index (χ0) is 21.0. The third kappa shape index (κ3) is 5.42. The van der Waals surface area contributed by atoms with Gasteiger partial charge in [-0.2, -0.15) is 0 Å². The van der Waals surface area contributed by atoms with Crippen LogP contribution in [0.25, 0.3) is 16.8 Å². The van der Waals surface area contributed by atoms with Gasteiger partial charge in [-0.15, -0.1) is 0 Å². The van der Waals surface area contributed by atoms with Gasteiger partial charge in [0.2, 0.25) is 0 Å². The van der Waals surface area contributed by atoms with E-state index in [4.69, 9.17) is 16.6 Å². The van der Waals surface area contributed by atoms with Gasteiger partial charge in [0.25, 0.3) is 0 Å². The Morgan fingerprint density at radius 3 is 2.79 bits per heavy atom. The molecule has 0 saturated heterocycles. The first-order valence-corrected chi connectivity index (χ1v) is 10.1. The fraction of sp³-hybridized carbons (Fsp3) is 0.292. The first kappa shape index (κ1) is 21.0. The van der Waals surface area contributed by atoms with E-state index in [-0.39, 0.29) is 11.8 Å². The Bertz CT molecular complexity index is 1080. The lowest BCUT2D eigenvalue weighted by Crippen LogP contribution is -2.08. The number of carbonyl (C=O) groups excluding carboxylic acids is 1. The van der Waals surface area contributed by atoms with Crippen LogP contribution < -0.4 is 0 Å². The summed E-state index contributed by atoms with van der Waals surface area (Å²) >= 11 is 6.22. The highest BCUT2D eigenvalue weighted by molar-refractivity contribution is 6.30. The minimum atomic E-state index is -0.0525. The predicted molar refractivity (Wildman–Crippen MR) is 121 cm³/mol. The van der Waals surface area contributed by atoms with Gasteiger partial charge in [-0.1, -0.05) is 35.4 Å². The molecule has 1 aromatic carbocycles. The average molecular weight is 408 g/mol. The number of aryl methyl sites for hydroxylation is 1. The van der Waals surface area contributed by atoms with Crippen LogP contribution >= 0.6 is 11.6 Å². The maximum atomic E-state index is 11.3. The van der Waals surface area contributed by atoms with E-state index in [9.17, 15) is 4.79 Å². The number of ketones is 1. The number of pyridine rings is 1. The monoisotopic (exact) mass is 407 g/mol. The SMILES string of the molecule is C=NC(CC=C(C)Cc1cc(-c2cccc(Cl)c2)c2nc(C)cn2c1)CC(C)=O. The molecule has 0 aliphatic rings. The molecule has 5 heteroatoms. The van der Waals surface area contributed by atoms with Gasteiger partial charge in [0, 0.05) is 29.4 Å². The summed E-state index contributed by atoms with van der Waals surface area (Å²) < 4.78 is 2.08. The topological polar surface area (TPSA) is 46.7 Å². The first-order valence-electron chi connectivity index (χ1n) is 9.70. The van der Waals surface area contributed by atoms with Crippen molar-refractivity contribution in [1.82, 2.24) is 9.38 Å². The highest BCUT2D eigenvalue weighted by Crippen LogP contribution is 2.28. The molecule has 0 aliphatic carbocycles. The molecule has 2 heterocycles. The Balaban J connectivity index is 1.91. The van der Waals surface area contributed by atoms with E-state index in [1.54, 1.807) is 6.92 Å². The lowest BCUT2D eigenvalue weighted by molar-refractivity contribution is -0.117. The van der Waals surface area contributed by atoms with E-state index < -0.39 is 0 Å². The van der Waals surface area contributed by atoms with Crippen LogP contribution in [0.2, 0.25) is 5.02 Å². The second-order valence-electron chi connectivity index (χ2n) is 7.59. The maximum absolute atomic E-state index is 11.3. The Hall–Kier alpha value is -2.72. The Kier molecular flexibility index (Phi) is 6.65. The Labute approximate surface area is 177 Å². The van der Waals surface area contributed by atoms with Crippen molar-refractivity contribution in [2.24, 2.45) is 4.99 Å².